The minimum Gasteiger partial charge on any atom is -0.351 e. The first-order chi connectivity index (χ1) is 9.79. The zero-order valence-electron chi connectivity index (χ0n) is 11.0. The van der Waals surface area contributed by atoms with Crippen LogP contribution in [0, 0.1) is 0 Å². The summed E-state index contributed by atoms with van der Waals surface area (Å²) in [6, 6.07) is 9.72. The highest BCUT2D eigenvalue weighted by atomic mass is 16.1. The normalized spacial score (nSPS) is 9.80. The quantitative estimate of drug-likeness (QED) is 0.786. The molecule has 0 fully saturated rings. The smallest absolute Gasteiger partial charge is 0.254 e. The van der Waals surface area contributed by atoms with E-state index in [9.17, 15) is 4.79 Å². The number of rotatable bonds is 6. The van der Waals surface area contributed by atoms with Gasteiger partial charge in [-0.3, -0.25) is 4.79 Å². The highest BCUT2D eigenvalue weighted by Crippen LogP contribution is 2.02. The predicted molar refractivity (Wildman–Crippen MR) is 78.3 cm³/mol. The van der Waals surface area contributed by atoms with Gasteiger partial charge in [0.2, 0.25) is 5.95 Å². The minimum absolute atomic E-state index is 0.191. The summed E-state index contributed by atoms with van der Waals surface area (Å²) in [6.07, 6.45) is 4.71. The van der Waals surface area contributed by atoms with Gasteiger partial charge in [0.25, 0.3) is 5.91 Å². The van der Waals surface area contributed by atoms with Crippen molar-refractivity contribution in [2.75, 3.05) is 11.9 Å². The first kappa shape index (κ1) is 13.7. The van der Waals surface area contributed by atoms with E-state index in [-0.39, 0.29) is 5.91 Å². The monoisotopic (exact) mass is 268 g/mol. The van der Waals surface area contributed by atoms with Crippen LogP contribution in [-0.4, -0.2) is 22.4 Å². The lowest BCUT2D eigenvalue weighted by atomic mass is 10.2. The molecule has 20 heavy (non-hydrogen) atoms. The lowest BCUT2D eigenvalue weighted by molar-refractivity contribution is 0.0950. The molecular formula is C15H16N4O. The van der Waals surface area contributed by atoms with E-state index >= 15 is 0 Å². The molecule has 0 saturated carbocycles. The third kappa shape index (κ3) is 3.91. The molecule has 0 aliphatic carbocycles. The highest BCUT2D eigenvalue weighted by Gasteiger charge is 2.06. The summed E-state index contributed by atoms with van der Waals surface area (Å²) >= 11 is 0. The van der Waals surface area contributed by atoms with Crippen molar-refractivity contribution >= 4 is 11.9 Å². The number of nitrogens with zero attached hydrogens (tertiary/aromatic N) is 2. The number of nitrogens with one attached hydrogen (secondary N) is 2. The van der Waals surface area contributed by atoms with Crippen LogP contribution in [0.15, 0.2) is 55.4 Å². The van der Waals surface area contributed by atoms with Gasteiger partial charge in [0, 0.05) is 25.5 Å². The molecule has 5 nitrogen and oxygen atoms in total. The topological polar surface area (TPSA) is 66.9 Å². The van der Waals surface area contributed by atoms with E-state index in [4.69, 9.17) is 0 Å². The second kappa shape index (κ2) is 7.04. The number of hydrogen-bond acceptors (Lipinski definition) is 4. The molecule has 2 N–H and O–H groups in total. The Morgan fingerprint density at radius 2 is 1.90 bits per heavy atom. The number of aromatic nitrogens is 2. The largest absolute Gasteiger partial charge is 0.351 e. The third-order valence-corrected chi connectivity index (χ3v) is 2.61. The molecule has 0 bridgehead atoms. The molecule has 0 spiro atoms. The van der Waals surface area contributed by atoms with Gasteiger partial charge in [-0.15, -0.1) is 6.58 Å². The van der Waals surface area contributed by atoms with Crippen LogP contribution in [-0.2, 0) is 6.54 Å². The van der Waals surface area contributed by atoms with Crippen LogP contribution in [0.25, 0.3) is 0 Å². The predicted octanol–water partition coefficient (Wildman–Crippen LogP) is 2.00. The first-order valence-electron chi connectivity index (χ1n) is 6.28. The lowest BCUT2D eigenvalue weighted by Crippen LogP contribution is -2.23. The van der Waals surface area contributed by atoms with Gasteiger partial charge in [-0.1, -0.05) is 36.4 Å². The Hall–Kier alpha value is -2.69. The summed E-state index contributed by atoms with van der Waals surface area (Å²) in [7, 11) is 0. The van der Waals surface area contributed by atoms with Crippen molar-refractivity contribution in [3.8, 4) is 0 Å². The molecule has 0 atom stereocenters. The van der Waals surface area contributed by atoms with Crippen LogP contribution in [0.5, 0.6) is 0 Å². The van der Waals surface area contributed by atoms with E-state index < -0.39 is 0 Å². The zero-order chi connectivity index (χ0) is 14.2. The van der Waals surface area contributed by atoms with Gasteiger partial charge < -0.3 is 10.6 Å². The third-order valence-electron chi connectivity index (χ3n) is 2.61. The summed E-state index contributed by atoms with van der Waals surface area (Å²) in [6.45, 7) is 4.66. The number of carbonyl (C=O) groups is 1. The van der Waals surface area contributed by atoms with Gasteiger partial charge >= 0.3 is 0 Å². The van der Waals surface area contributed by atoms with Crippen LogP contribution in [0.4, 0.5) is 5.95 Å². The molecule has 1 heterocycles. The van der Waals surface area contributed by atoms with Gasteiger partial charge in [-0.2, -0.15) is 0 Å². The van der Waals surface area contributed by atoms with Gasteiger partial charge in [0.15, 0.2) is 0 Å². The van der Waals surface area contributed by atoms with Crippen LogP contribution in [0.1, 0.15) is 15.9 Å². The van der Waals surface area contributed by atoms with Gasteiger partial charge in [0.05, 0.1) is 5.56 Å². The Bertz CT molecular complexity index is 566. The molecular weight excluding hydrogens is 252 g/mol. The molecule has 0 radical (unpaired) electrons. The average Bonchev–Trinajstić information content (AvgIpc) is 2.52. The maximum absolute atomic E-state index is 11.9. The van der Waals surface area contributed by atoms with Gasteiger partial charge in [0.1, 0.15) is 0 Å². The Kier molecular flexibility index (Phi) is 4.83. The number of anilines is 1. The maximum Gasteiger partial charge on any atom is 0.254 e. The summed E-state index contributed by atoms with van der Waals surface area (Å²) in [5.74, 6) is 0.286. The molecule has 1 amide bonds. The van der Waals surface area contributed by atoms with Crippen LogP contribution < -0.4 is 10.6 Å². The van der Waals surface area contributed by atoms with Crippen molar-refractivity contribution in [3.05, 3.63) is 66.5 Å². The highest BCUT2D eigenvalue weighted by molar-refractivity contribution is 5.93. The average molecular weight is 268 g/mol. The second-order valence-electron chi connectivity index (χ2n) is 4.13. The molecule has 1 aromatic heterocycles. The fourth-order valence-electron chi connectivity index (χ4n) is 1.58. The Balaban J connectivity index is 1.90. The Labute approximate surface area is 117 Å². The van der Waals surface area contributed by atoms with Crippen LogP contribution >= 0.6 is 0 Å². The summed E-state index contributed by atoms with van der Waals surface area (Å²) in [5.41, 5.74) is 1.48. The standard InChI is InChI=1S/C15H16N4O/c1-2-8-16-15-18-10-13(11-19-15)14(20)17-9-12-6-4-3-5-7-12/h2-7,10-11H,1,8-9H2,(H,17,20)(H,16,18,19). The van der Waals surface area contributed by atoms with E-state index in [0.29, 0.717) is 24.6 Å². The molecule has 2 rings (SSSR count). The summed E-state index contributed by atoms with van der Waals surface area (Å²) in [4.78, 5) is 20.0. The maximum atomic E-state index is 11.9. The first-order valence-corrected chi connectivity index (χ1v) is 6.28. The molecule has 5 heteroatoms. The number of benzene rings is 1. The summed E-state index contributed by atoms with van der Waals surface area (Å²) < 4.78 is 0. The second-order valence-corrected chi connectivity index (χ2v) is 4.13. The van der Waals surface area contributed by atoms with E-state index in [2.05, 4.69) is 27.2 Å². The van der Waals surface area contributed by atoms with Crippen molar-refractivity contribution in [1.29, 1.82) is 0 Å². The lowest BCUT2D eigenvalue weighted by Gasteiger charge is -2.06. The zero-order valence-corrected chi connectivity index (χ0v) is 11.0. The molecule has 0 unspecified atom stereocenters. The van der Waals surface area contributed by atoms with Crippen molar-refractivity contribution in [3.63, 3.8) is 0 Å². The summed E-state index contributed by atoms with van der Waals surface area (Å²) in [5, 5.41) is 5.77. The number of carbonyl (C=O) groups excluding carboxylic acids is 1. The van der Waals surface area contributed by atoms with Crippen molar-refractivity contribution in [1.82, 2.24) is 15.3 Å². The number of hydrogen-bond donors (Lipinski definition) is 2. The number of amides is 1. The fourth-order valence-corrected chi connectivity index (χ4v) is 1.58. The van der Waals surface area contributed by atoms with Crippen LogP contribution in [0.3, 0.4) is 0 Å². The molecule has 2 aromatic rings. The molecule has 0 aliphatic rings. The van der Waals surface area contributed by atoms with E-state index in [0.717, 1.165) is 5.56 Å². The van der Waals surface area contributed by atoms with E-state index in [1.54, 1.807) is 6.08 Å². The minimum atomic E-state index is -0.191. The van der Waals surface area contributed by atoms with Gasteiger partial charge in [-0.05, 0) is 5.56 Å². The van der Waals surface area contributed by atoms with Crippen molar-refractivity contribution in [2.24, 2.45) is 0 Å². The molecule has 0 aliphatic heterocycles. The van der Waals surface area contributed by atoms with Gasteiger partial charge in [-0.25, -0.2) is 9.97 Å². The van der Waals surface area contributed by atoms with E-state index in [1.807, 2.05) is 30.3 Å². The Morgan fingerprint density at radius 1 is 1.20 bits per heavy atom. The molecule has 0 saturated heterocycles. The van der Waals surface area contributed by atoms with E-state index in [1.165, 1.54) is 12.4 Å². The molecule has 1 aromatic carbocycles. The molecule has 102 valence electrons. The van der Waals surface area contributed by atoms with Crippen molar-refractivity contribution in [2.45, 2.75) is 6.54 Å². The Morgan fingerprint density at radius 3 is 2.55 bits per heavy atom. The fraction of sp³-hybridized carbons (Fsp3) is 0.133. The van der Waals surface area contributed by atoms with Crippen LogP contribution in [0.2, 0.25) is 0 Å². The SMILES string of the molecule is C=CCNc1ncc(C(=O)NCc2ccccc2)cn1. The van der Waals surface area contributed by atoms with Crippen molar-refractivity contribution < 1.29 is 4.79 Å².